The molecule has 0 aromatic carbocycles. The molecule has 1 aliphatic heterocycles. The van der Waals surface area contributed by atoms with E-state index in [2.05, 4.69) is 5.32 Å². The van der Waals surface area contributed by atoms with Gasteiger partial charge in [-0.3, -0.25) is 9.59 Å². The SMILES string of the molecule is CC(C)(C)OC(=O)NCCCCCCN1CC(C(=O)O)CC1=O. The summed E-state index contributed by atoms with van der Waals surface area (Å²) < 4.78 is 5.13. The summed E-state index contributed by atoms with van der Waals surface area (Å²) in [6.07, 6.45) is 3.31. The second-order valence-corrected chi connectivity index (χ2v) is 6.92. The average molecular weight is 328 g/mol. The van der Waals surface area contributed by atoms with Crippen LogP contribution in [0.5, 0.6) is 0 Å². The molecule has 2 amide bonds. The Morgan fingerprint density at radius 1 is 1.26 bits per heavy atom. The molecule has 132 valence electrons. The van der Waals surface area contributed by atoms with Crippen LogP contribution in [0.3, 0.4) is 0 Å². The first-order valence-corrected chi connectivity index (χ1v) is 8.16. The van der Waals surface area contributed by atoms with Gasteiger partial charge in [-0.15, -0.1) is 0 Å². The Morgan fingerprint density at radius 3 is 2.48 bits per heavy atom. The number of hydrogen-bond acceptors (Lipinski definition) is 4. The molecule has 7 nitrogen and oxygen atoms in total. The van der Waals surface area contributed by atoms with Crippen LogP contribution in [0.1, 0.15) is 52.9 Å². The zero-order chi connectivity index (χ0) is 17.5. The molecule has 0 aromatic heterocycles. The fraction of sp³-hybridized carbons (Fsp3) is 0.812. The van der Waals surface area contributed by atoms with E-state index in [0.717, 1.165) is 25.7 Å². The van der Waals surface area contributed by atoms with Crippen molar-refractivity contribution in [3.8, 4) is 0 Å². The number of nitrogens with one attached hydrogen (secondary N) is 1. The molecule has 0 bridgehead atoms. The highest BCUT2D eigenvalue weighted by Gasteiger charge is 2.33. The molecular weight excluding hydrogens is 300 g/mol. The third kappa shape index (κ3) is 7.85. The van der Waals surface area contributed by atoms with Crippen molar-refractivity contribution in [2.75, 3.05) is 19.6 Å². The molecule has 0 aromatic rings. The number of carbonyl (C=O) groups excluding carboxylic acids is 2. The van der Waals surface area contributed by atoms with Gasteiger partial charge >= 0.3 is 12.1 Å². The third-order valence-electron chi connectivity index (χ3n) is 3.59. The summed E-state index contributed by atoms with van der Waals surface area (Å²) in [5.41, 5.74) is -0.486. The number of aliphatic carboxylic acids is 1. The molecule has 1 unspecified atom stereocenters. The normalized spacial score (nSPS) is 18.1. The highest BCUT2D eigenvalue weighted by atomic mass is 16.6. The quantitative estimate of drug-likeness (QED) is 0.664. The molecule has 23 heavy (non-hydrogen) atoms. The standard InChI is InChI=1S/C16H28N2O5/c1-16(2,3)23-15(22)17-8-6-4-5-7-9-18-11-12(14(20)21)10-13(18)19/h12H,4-11H2,1-3H3,(H,17,22)(H,20,21). The summed E-state index contributed by atoms with van der Waals surface area (Å²) in [5, 5.41) is 11.6. The van der Waals surface area contributed by atoms with E-state index in [9.17, 15) is 14.4 Å². The van der Waals surface area contributed by atoms with Gasteiger partial charge in [0.1, 0.15) is 5.60 Å². The number of carbonyl (C=O) groups is 3. The molecule has 7 heteroatoms. The van der Waals surface area contributed by atoms with Gasteiger partial charge in [0.05, 0.1) is 5.92 Å². The Balaban J connectivity index is 2.03. The van der Waals surface area contributed by atoms with Gasteiger partial charge in [-0.25, -0.2) is 4.79 Å². The number of likely N-dealkylation sites (tertiary alicyclic amines) is 1. The van der Waals surface area contributed by atoms with Crippen molar-refractivity contribution in [3.63, 3.8) is 0 Å². The summed E-state index contributed by atoms with van der Waals surface area (Å²) in [4.78, 5) is 35.6. The average Bonchev–Trinajstić information content (AvgIpc) is 2.77. The Kier molecular flexibility index (Phi) is 7.32. The Labute approximate surface area is 137 Å². The van der Waals surface area contributed by atoms with E-state index in [1.807, 2.05) is 20.8 Å². The summed E-state index contributed by atoms with van der Waals surface area (Å²) in [7, 11) is 0. The molecule has 0 saturated carbocycles. The minimum atomic E-state index is -0.894. The van der Waals surface area contributed by atoms with Gasteiger partial charge in [-0.2, -0.15) is 0 Å². The minimum absolute atomic E-state index is 0.0657. The second kappa shape index (κ2) is 8.74. The number of carboxylic acids is 1. The number of carboxylic acid groups (broad SMARTS) is 1. The monoisotopic (exact) mass is 328 g/mol. The van der Waals surface area contributed by atoms with E-state index in [1.165, 1.54) is 0 Å². The molecule has 1 atom stereocenters. The molecule has 0 radical (unpaired) electrons. The summed E-state index contributed by atoms with van der Waals surface area (Å²) in [5.74, 6) is -1.52. The number of alkyl carbamates (subject to hydrolysis) is 1. The fourth-order valence-corrected chi connectivity index (χ4v) is 2.44. The van der Waals surface area contributed by atoms with E-state index >= 15 is 0 Å². The minimum Gasteiger partial charge on any atom is -0.481 e. The maximum absolute atomic E-state index is 11.6. The van der Waals surface area contributed by atoms with E-state index in [1.54, 1.807) is 4.90 Å². The molecule has 1 rings (SSSR count). The van der Waals surface area contributed by atoms with Gasteiger partial charge in [0.2, 0.25) is 5.91 Å². The molecule has 1 aliphatic rings. The number of unbranched alkanes of at least 4 members (excludes halogenated alkanes) is 3. The first-order valence-electron chi connectivity index (χ1n) is 8.16. The van der Waals surface area contributed by atoms with Crippen LogP contribution in [-0.4, -0.2) is 53.2 Å². The van der Waals surface area contributed by atoms with Gasteiger partial charge < -0.3 is 20.1 Å². The molecule has 0 spiro atoms. The maximum atomic E-state index is 11.6. The van der Waals surface area contributed by atoms with Gasteiger partial charge in [0.25, 0.3) is 0 Å². The molecular formula is C16H28N2O5. The maximum Gasteiger partial charge on any atom is 0.407 e. The van der Waals surface area contributed by atoms with Crippen molar-refractivity contribution in [1.29, 1.82) is 0 Å². The smallest absolute Gasteiger partial charge is 0.407 e. The lowest BCUT2D eigenvalue weighted by Gasteiger charge is -2.19. The van der Waals surface area contributed by atoms with Gasteiger partial charge in [-0.05, 0) is 33.6 Å². The number of ether oxygens (including phenoxy) is 1. The van der Waals surface area contributed by atoms with Crippen LogP contribution >= 0.6 is 0 Å². The number of hydrogen-bond donors (Lipinski definition) is 2. The van der Waals surface area contributed by atoms with Crippen molar-refractivity contribution in [2.24, 2.45) is 5.92 Å². The predicted molar refractivity (Wildman–Crippen MR) is 85.0 cm³/mol. The lowest BCUT2D eigenvalue weighted by atomic mass is 10.1. The Hall–Kier alpha value is -1.79. The lowest BCUT2D eigenvalue weighted by Crippen LogP contribution is -2.33. The van der Waals surface area contributed by atoms with Crippen molar-refractivity contribution >= 4 is 18.0 Å². The van der Waals surface area contributed by atoms with Crippen molar-refractivity contribution in [2.45, 2.75) is 58.5 Å². The largest absolute Gasteiger partial charge is 0.481 e. The van der Waals surface area contributed by atoms with Crippen LogP contribution < -0.4 is 5.32 Å². The van der Waals surface area contributed by atoms with E-state index < -0.39 is 23.6 Å². The second-order valence-electron chi connectivity index (χ2n) is 6.92. The summed E-state index contributed by atoms with van der Waals surface area (Å²) in [6, 6.07) is 0. The zero-order valence-corrected chi connectivity index (χ0v) is 14.3. The van der Waals surface area contributed by atoms with E-state index in [-0.39, 0.29) is 12.3 Å². The van der Waals surface area contributed by atoms with Gasteiger partial charge in [0.15, 0.2) is 0 Å². The van der Waals surface area contributed by atoms with Crippen LogP contribution in [0.25, 0.3) is 0 Å². The third-order valence-corrected chi connectivity index (χ3v) is 3.59. The lowest BCUT2D eigenvalue weighted by molar-refractivity contribution is -0.141. The highest BCUT2D eigenvalue weighted by molar-refractivity contribution is 5.86. The number of rotatable bonds is 8. The van der Waals surface area contributed by atoms with E-state index in [0.29, 0.717) is 19.6 Å². The molecule has 1 fully saturated rings. The van der Waals surface area contributed by atoms with Crippen molar-refractivity contribution in [3.05, 3.63) is 0 Å². The fourth-order valence-electron chi connectivity index (χ4n) is 2.44. The summed E-state index contributed by atoms with van der Waals surface area (Å²) >= 11 is 0. The Bertz CT molecular complexity index is 431. The molecule has 0 aliphatic carbocycles. The van der Waals surface area contributed by atoms with Crippen molar-refractivity contribution in [1.82, 2.24) is 10.2 Å². The van der Waals surface area contributed by atoms with Crippen LogP contribution in [-0.2, 0) is 14.3 Å². The Morgan fingerprint density at radius 2 is 1.91 bits per heavy atom. The summed E-state index contributed by atoms with van der Waals surface area (Å²) in [6.45, 7) is 6.97. The van der Waals surface area contributed by atoms with Gasteiger partial charge in [0, 0.05) is 26.1 Å². The molecule has 1 heterocycles. The molecule has 2 N–H and O–H groups in total. The number of amides is 2. The zero-order valence-electron chi connectivity index (χ0n) is 14.3. The number of nitrogens with zero attached hydrogens (tertiary/aromatic N) is 1. The van der Waals surface area contributed by atoms with Crippen LogP contribution in [0.2, 0.25) is 0 Å². The first kappa shape index (κ1) is 19.3. The van der Waals surface area contributed by atoms with Crippen LogP contribution in [0.4, 0.5) is 4.79 Å². The van der Waals surface area contributed by atoms with Crippen molar-refractivity contribution < 1.29 is 24.2 Å². The molecule has 1 saturated heterocycles. The van der Waals surface area contributed by atoms with Gasteiger partial charge in [-0.1, -0.05) is 12.8 Å². The van der Waals surface area contributed by atoms with E-state index in [4.69, 9.17) is 9.84 Å². The first-order chi connectivity index (χ1) is 10.7. The van der Waals surface area contributed by atoms with Crippen LogP contribution in [0, 0.1) is 5.92 Å². The van der Waals surface area contributed by atoms with Crippen LogP contribution in [0.15, 0.2) is 0 Å². The topological polar surface area (TPSA) is 95.9 Å². The highest BCUT2D eigenvalue weighted by Crippen LogP contribution is 2.18. The predicted octanol–water partition coefficient (Wildman–Crippen LogP) is 2.00.